The van der Waals surface area contributed by atoms with Crippen molar-refractivity contribution in [2.45, 2.75) is 32.9 Å². The lowest BCUT2D eigenvalue weighted by atomic mass is 10.1. The third kappa shape index (κ3) is 5.18. The molecule has 0 unspecified atom stereocenters. The van der Waals surface area contributed by atoms with Crippen molar-refractivity contribution in [3.8, 4) is 17.3 Å². The second-order valence-corrected chi connectivity index (χ2v) is 5.88. The van der Waals surface area contributed by atoms with E-state index in [1.165, 1.54) is 0 Å². The highest BCUT2D eigenvalue weighted by atomic mass is 32.1. The highest BCUT2D eigenvalue weighted by molar-refractivity contribution is 7.80. The lowest BCUT2D eigenvalue weighted by molar-refractivity contribution is 0.629. The molecule has 0 saturated heterocycles. The van der Waals surface area contributed by atoms with Crippen LogP contribution in [0.4, 0.5) is 0 Å². The number of nitrogens with one attached hydrogen (secondary N) is 2. The van der Waals surface area contributed by atoms with Gasteiger partial charge in [0.1, 0.15) is 5.69 Å². The maximum atomic E-state index is 8.75. The van der Waals surface area contributed by atoms with Crippen LogP contribution in [0.1, 0.15) is 25.8 Å². The molecule has 0 amide bonds. The molecule has 24 heavy (non-hydrogen) atoms. The number of thiocarbonyl (C=S) groups is 1. The fourth-order valence-electron chi connectivity index (χ4n) is 2.09. The summed E-state index contributed by atoms with van der Waals surface area (Å²) < 4.78 is 1.76. The average Bonchev–Trinajstić information content (AvgIpc) is 2.96. The molecule has 2 rings (SSSR count). The lowest BCUT2D eigenvalue weighted by Crippen LogP contribution is -2.36. The smallest absolute Gasteiger partial charge is 0.187 e. The van der Waals surface area contributed by atoms with Crippen LogP contribution in [-0.2, 0) is 6.54 Å². The monoisotopic (exact) mass is 340 g/mol. The van der Waals surface area contributed by atoms with Crippen molar-refractivity contribution in [3.63, 3.8) is 0 Å². The number of aromatic nitrogens is 2. The number of aryl methyl sites for hydroxylation is 1. The molecule has 1 heterocycles. The molecular formula is C17H20N6S. The van der Waals surface area contributed by atoms with Gasteiger partial charge in [0.2, 0.25) is 0 Å². The highest BCUT2D eigenvalue weighted by Gasteiger charge is 2.09. The predicted molar refractivity (Wildman–Crippen MR) is 99.5 cm³/mol. The van der Waals surface area contributed by atoms with Crippen molar-refractivity contribution < 1.29 is 0 Å². The molecule has 1 aromatic heterocycles. The van der Waals surface area contributed by atoms with Crippen molar-refractivity contribution in [3.05, 3.63) is 42.1 Å². The van der Waals surface area contributed by atoms with Gasteiger partial charge in [-0.15, -0.1) is 0 Å². The number of hydrazone groups is 1. The van der Waals surface area contributed by atoms with Crippen LogP contribution in [0, 0.1) is 11.3 Å². The van der Waals surface area contributed by atoms with Gasteiger partial charge in [-0.1, -0.05) is 30.3 Å². The van der Waals surface area contributed by atoms with Crippen LogP contribution in [0.3, 0.4) is 0 Å². The van der Waals surface area contributed by atoms with E-state index < -0.39 is 0 Å². The number of hydrogen-bond acceptors (Lipinski definition) is 4. The van der Waals surface area contributed by atoms with Gasteiger partial charge in [-0.2, -0.15) is 15.5 Å². The zero-order valence-electron chi connectivity index (χ0n) is 13.7. The van der Waals surface area contributed by atoms with E-state index in [0.717, 1.165) is 16.8 Å². The van der Waals surface area contributed by atoms with Crippen LogP contribution in [0.5, 0.6) is 0 Å². The normalized spacial score (nSPS) is 10.8. The molecule has 2 aromatic rings. The zero-order valence-corrected chi connectivity index (χ0v) is 14.5. The number of benzene rings is 1. The fourth-order valence-corrected chi connectivity index (χ4v) is 2.37. The van der Waals surface area contributed by atoms with Crippen LogP contribution in [0.25, 0.3) is 11.3 Å². The second kappa shape index (κ2) is 8.79. The summed E-state index contributed by atoms with van der Waals surface area (Å²) >= 11 is 5.14. The van der Waals surface area contributed by atoms with Crippen LogP contribution < -0.4 is 10.7 Å². The first-order chi connectivity index (χ1) is 11.6. The van der Waals surface area contributed by atoms with E-state index in [0.29, 0.717) is 18.1 Å². The van der Waals surface area contributed by atoms with E-state index in [-0.39, 0.29) is 6.04 Å². The third-order valence-electron chi connectivity index (χ3n) is 3.08. The van der Waals surface area contributed by atoms with E-state index in [1.807, 2.05) is 50.4 Å². The van der Waals surface area contributed by atoms with Gasteiger partial charge < -0.3 is 5.32 Å². The quantitative estimate of drug-likeness (QED) is 0.480. The van der Waals surface area contributed by atoms with Gasteiger partial charge in [-0.3, -0.25) is 10.1 Å². The second-order valence-electron chi connectivity index (χ2n) is 5.47. The average molecular weight is 340 g/mol. The topological polar surface area (TPSA) is 78.0 Å². The van der Waals surface area contributed by atoms with E-state index in [1.54, 1.807) is 10.9 Å². The summed E-state index contributed by atoms with van der Waals surface area (Å²) in [5, 5.41) is 21.0. The van der Waals surface area contributed by atoms with Gasteiger partial charge in [-0.05, 0) is 26.1 Å². The van der Waals surface area contributed by atoms with E-state index in [4.69, 9.17) is 17.5 Å². The summed E-state index contributed by atoms with van der Waals surface area (Å²) in [7, 11) is 0. The Kier molecular flexibility index (Phi) is 6.46. The van der Waals surface area contributed by atoms with Gasteiger partial charge in [-0.25, -0.2) is 0 Å². The van der Waals surface area contributed by atoms with Crippen LogP contribution >= 0.6 is 12.2 Å². The molecule has 6 nitrogen and oxygen atoms in total. The molecule has 0 aliphatic rings. The minimum Gasteiger partial charge on any atom is -0.359 e. The Morgan fingerprint density at radius 3 is 2.83 bits per heavy atom. The van der Waals surface area contributed by atoms with Crippen LogP contribution in [0.2, 0.25) is 0 Å². The Morgan fingerprint density at radius 2 is 2.17 bits per heavy atom. The molecule has 0 bridgehead atoms. The summed E-state index contributed by atoms with van der Waals surface area (Å²) in [5.74, 6) is 0. The molecule has 2 N–H and O–H groups in total. The van der Waals surface area contributed by atoms with Gasteiger partial charge in [0, 0.05) is 23.4 Å². The SMILES string of the molecule is CC(C)NC(=S)N/N=C\c1cn(CCC#N)nc1-c1ccccc1. The van der Waals surface area contributed by atoms with Crippen LogP contribution in [0.15, 0.2) is 41.6 Å². The third-order valence-corrected chi connectivity index (χ3v) is 3.29. The zero-order chi connectivity index (χ0) is 17.4. The first kappa shape index (κ1) is 17.6. The lowest BCUT2D eigenvalue weighted by Gasteiger charge is -2.09. The Bertz CT molecular complexity index is 742. The molecule has 0 spiro atoms. The molecule has 0 radical (unpaired) electrons. The molecule has 0 saturated carbocycles. The van der Waals surface area contributed by atoms with E-state index >= 15 is 0 Å². The van der Waals surface area contributed by atoms with Crippen molar-refractivity contribution in [1.29, 1.82) is 5.26 Å². The Labute approximate surface area is 147 Å². The maximum absolute atomic E-state index is 8.75. The molecule has 0 aliphatic carbocycles. The maximum Gasteiger partial charge on any atom is 0.187 e. The number of nitrogens with zero attached hydrogens (tertiary/aromatic N) is 4. The first-order valence-corrected chi connectivity index (χ1v) is 8.10. The summed E-state index contributed by atoms with van der Waals surface area (Å²) in [6.45, 7) is 4.56. The Balaban J connectivity index is 2.19. The molecule has 0 atom stereocenters. The Morgan fingerprint density at radius 1 is 1.42 bits per heavy atom. The number of nitriles is 1. The number of rotatable bonds is 6. The summed E-state index contributed by atoms with van der Waals surface area (Å²) in [5.41, 5.74) is 5.47. The number of hydrogen-bond donors (Lipinski definition) is 2. The highest BCUT2D eigenvalue weighted by Crippen LogP contribution is 2.20. The van der Waals surface area contributed by atoms with Crippen molar-refractivity contribution in [1.82, 2.24) is 20.5 Å². The summed E-state index contributed by atoms with van der Waals surface area (Å²) in [4.78, 5) is 0. The van der Waals surface area contributed by atoms with Crippen LogP contribution in [-0.4, -0.2) is 27.1 Å². The van der Waals surface area contributed by atoms with Crippen molar-refractivity contribution in [2.24, 2.45) is 5.10 Å². The van der Waals surface area contributed by atoms with E-state index in [9.17, 15) is 0 Å². The summed E-state index contributed by atoms with van der Waals surface area (Å²) in [6.07, 6.45) is 3.98. The van der Waals surface area contributed by atoms with Gasteiger partial charge in [0.05, 0.1) is 25.2 Å². The van der Waals surface area contributed by atoms with Crippen molar-refractivity contribution >= 4 is 23.5 Å². The molecule has 7 heteroatoms. The standard InChI is InChI=1S/C17H20N6S/c1-13(2)20-17(24)21-19-11-15-12-23(10-6-9-18)22-16(15)14-7-4-3-5-8-14/h3-5,7-8,11-13H,6,10H2,1-2H3,(H2,20,21,24)/b19-11-. The van der Waals surface area contributed by atoms with Gasteiger partial charge in [0.25, 0.3) is 0 Å². The predicted octanol–water partition coefficient (Wildman–Crippen LogP) is 2.67. The van der Waals surface area contributed by atoms with Gasteiger partial charge >= 0.3 is 0 Å². The molecule has 0 fully saturated rings. The van der Waals surface area contributed by atoms with Crippen molar-refractivity contribution in [2.75, 3.05) is 0 Å². The molecule has 0 aliphatic heterocycles. The minimum absolute atomic E-state index is 0.244. The minimum atomic E-state index is 0.244. The largest absolute Gasteiger partial charge is 0.359 e. The van der Waals surface area contributed by atoms with Gasteiger partial charge in [0.15, 0.2) is 5.11 Å². The Hall–Kier alpha value is -2.72. The molecule has 124 valence electrons. The fraction of sp³-hybridized carbons (Fsp3) is 0.294. The summed E-state index contributed by atoms with van der Waals surface area (Å²) in [6, 6.07) is 12.2. The molecule has 1 aromatic carbocycles. The first-order valence-electron chi connectivity index (χ1n) is 7.69. The molecular weight excluding hydrogens is 320 g/mol. The van der Waals surface area contributed by atoms with E-state index in [2.05, 4.69) is 27.0 Å².